The van der Waals surface area contributed by atoms with Crippen LogP contribution in [0.15, 0.2) is 48.5 Å². The van der Waals surface area contributed by atoms with Crippen molar-refractivity contribution in [1.29, 1.82) is 0 Å². The summed E-state index contributed by atoms with van der Waals surface area (Å²) in [7, 11) is 3.17. The average molecular weight is 439 g/mol. The molecule has 1 N–H and O–H groups in total. The molecule has 2 aromatic carbocycles. The lowest BCUT2D eigenvalue weighted by Crippen LogP contribution is -2.11. The lowest BCUT2D eigenvalue weighted by molar-refractivity contribution is 0.102. The van der Waals surface area contributed by atoms with Crippen molar-refractivity contribution < 1.29 is 14.3 Å². The molecule has 4 aromatic rings. The van der Waals surface area contributed by atoms with Crippen LogP contribution in [0.4, 0.5) is 5.13 Å². The lowest BCUT2D eigenvalue weighted by atomic mass is 10.2. The number of aromatic nitrogens is 3. The number of rotatable bonds is 6. The van der Waals surface area contributed by atoms with Gasteiger partial charge in [0.05, 0.1) is 19.9 Å². The Hall–Kier alpha value is -3.30. The van der Waals surface area contributed by atoms with Crippen molar-refractivity contribution in [3.63, 3.8) is 0 Å². The number of nitrogens with zero attached hydrogens (tertiary/aromatic N) is 3. The number of ether oxygens (including phenoxy) is 2. The Bertz CT molecular complexity index is 1190. The van der Waals surface area contributed by atoms with Gasteiger partial charge in [-0.15, -0.1) is 21.5 Å². The zero-order valence-electron chi connectivity index (χ0n) is 16.5. The molecule has 0 aliphatic rings. The van der Waals surface area contributed by atoms with Gasteiger partial charge in [-0.1, -0.05) is 41.7 Å². The molecule has 0 bridgehead atoms. The summed E-state index contributed by atoms with van der Waals surface area (Å²) in [6.45, 7) is 1.81. The van der Waals surface area contributed by atoms with Gasteiger partial charge in [-0.25, -0.2) is 4.98 Å². The molecule has 0 spiro atoms. The van der Waals surface area contributed by atoms with Gasteiger partial charge in [0.25, 0.3) is 5.91 Å². The number of amides is 1. The Morgan fingerprint density at radius 1 is 0.900 bits per heavy atom. The first-order chi connectivity index (χ1) is 14.6. The molecule has 152 valence electrons. The summed E-state index contributed by atoms with van der Waals surface area (Å²) in [5.41, 5.74) is 2.46. The van der Waals surface area contributed by atoms with Crippen molar-refractivity contribution in [2.24, 2.45) is 0 Å². The van der Waals surface area contributed by atoms with Crippen molar-refractivity contribution in [2.45, 2.75) is 6.92 Å². The summed E-state index contributed by atoms with van der Waals surface area (Å²) in [5, 5.41) is 13.0. The van der Waals surface area contributed by atoms with Gasteiger partial charge < -0.3 is 9.47 Å². The van der Waals surface area contributed by atoms with Crippen LogP contribution in [-0.4, -0.2) is 35.3 Å². The number of anilines is 1. The van der Waals surface area contributed by atoms with E-state index in [0.29, 0.717) is 27.2 Å². The minimum Gasteiger partial charge on any atom is -0.493 e. The largest absolute Gasteiger partial charge is 0.493 e. The van der Waals surface area contributed by atoms with E-state index in [1.165, 1.54) is 22.7 Å². The highest BCUT2D eigenvalue weighted by Gasteiger charge is 2.19. The third-order valence-electron chi connectivity index (χ3n) is 4.30. The molecule has 2 heterocycles. The van der Waals surface area contributed by atoms with Crippen LogP contribution in [0, 0.1) is 6.92 Å². The normalized spacial score (nSPS) is 10.6. The summed E-state index contributed by atoms with van der Waals surface area (Å²) < 4.78 is 10.6. The van der Waals surface area contributed by atoms with Gasteiger partial charge in [0.1, 0.15) is 14.9 Å². The number of aryl methyl sites for hydroxylation is 1. The fourth-order valence-electron chi connectivity index (χ4n) is 2.82. The number of carbonyl (C=O) groups excluding carboxylic acids is 1. The van der Waals surface area contributed by atoms with Crippen LogP contribution in [0.5, 0.6) is 11.5 Å². The SMILES string of the molecule is COc1ccc(-c2nc(C)c(C(=O)Nc3nnc(-c4ccccc4)s3)s2)cc1OC. The molecule has 0 saturated heterocycles. The molecule has 30 heavy (non-hydrogen) atoms. The second-order valence-electron chi connectivity index (χ2n) is 6.24. The molecule has 9 heteroatoms. The van der Waals surface area contributed by atoms with Gasteiger partial charge in [0.2, 0.25) is 5.13 Å². The van der Waals surface area contributed by atoms with Gasteiger partial charge in [-0.3, -0.25) is 10.1 Å². The second-order valence-corrected chi connectivity index (χ2v) is 8.21. The van der Waals surface area contributed by atoms with Gasteiger partial charge in [0.15, 0.2) is 11.5 Å². The molecule has 1 amide bonds. The van der Waals surface area contributed by atoms with Crippen LogP contribution in [-0.2, 0) is 0 Å². The molecule has 0 radical (unpaired) electrons. The summed E-state index contributed by atoms with van der Waals surface area (Å²) in [5.74, 6) is 0.988. The topological polar surface area (TPSA) is 86.2 Å². The van der Waals surface area contributed by atoms with Gasteiger partial charge in [-0.2, -0.15) is 0 Å². The quantitative estimate of drug-likeness (QED) is 0.460. The van der Waals surface area contributed by atoms with Gasteiger partial charge in [-0.05, 0) is 25.1 Å². The summed E-state index contributed by atoms with van der Waals surface area (Å²) in [6.07, 6.45) is 0. The van der Waals surface area contributed by atoms with Crippen LogP contribution in [0.3, 0.4) is 0 Å². The number of nitrogens with one attached hydrogen (secondary N) is 1. The first-order valence-electron chi connectivity index (χ1n) is 8.99. The Balaban J connectivity index is 1.55. The van der Waals surface area contributed by atoms with Crippen LogP contribution in [0.25, 0.3) is 21.1 Å². The summed E-state index contributed by atoms with van der Waals surface area (Å²) in [6, 6.07) is 15.3. The van der Waals surface area contributed by atoms with E-state index in [2.05, 4.69) is 20.5 Å². The Kier molecular flexibility index (Phi) is 5.73. The fourth-order valence-corrected chi connectivity index (χ4v) is 4.53. The van der Waals surface area contributed by atoms with E-state index in [9.17, 15) is 4.79 Å². The van der Waals surface area contributed by atoms with E-state index >= 15 is 0 Å². The second kappa shape index (κ2) is 8.60. The molecule has 0 fully saturated rings. The molecule has 7 nitrogen and oxygen atoms in total. The maximum absolute atomic E-state index is 12.8. The monoisotopic (exact) mass is 438 g/mol. The maximum atomic E-state index is 12.8. The molecule has 4 rings (SSSR count). The molecular weight excluding hydrogens is 420 g/mol. The Morgan fingerprint density at radius 2 is 1.67 bits per heavy atom. The number of methoxy groups -OCH3 is 2. The summed E-state index contributed by atoms with van der Waals surface area (Å²) >= 11 is 2.64. The van der Waals surface area contributed by atoms with Crippen molar-refractivity contribution >= 4 is 33.7 Å². The lowest BCUT2D eigenvalue weighted by Gasteiger charge is -2.08. The molecule has 0 aliphatic carbocycles. The highest BCUT2D eigenvalue weighted by atomic mass is 32.1. The van der Waals surface area contributed by atoms with E-state index in [0.717, 1.165) is 21.1 Å². The molecule has 0 atom stereocenters. The first-order valence-corrected chi connectivity index (χ1v) is 10.6. The van der Waals surface area contributed by atoms with Crippen LogP contribution in [0.1, 0.15) is 15.4 Å². The van der Waals surface area contributed by atoms with Crippen molar-refractivity contribution in [1.82, 2.24) is 15.2 Å². The minimum atomic E-state index is -0.257. The number of carbonyl (C=O) groups is 1. The van der Waals surface area contributed by atoms with E-state index in [1.807, 2.05) is 55.5 Å². The highest BCUT2D eigenvalue weighted by molar-refractivity contribution is 7.19. The van der Waals surface area contributed by atoms with Gasteiger partial charge >= 0.3 is 0 Å². The van der Waals surface area contributed by atoms with Crippen molar-refractivity contribution in [2.75, 3.05) is 19.5 Å². The smallest absolute Gasteiger partial charge is 0.269 e. The van der Waals surface area contributed by atoms with Crippen LogP contribution in [0.2, 0.25) is 0 Å². The minimum absolute atomic E-state index is 0.257. The fraction of sp³-hybridized carbons (Fsp3) is 0.143. The Labute approximate surface area is 181 Å². The molecule has 0 aliphatic heterocycles. The molecule has 0 unspecified atom stereocenters. The van der Waals surface area contributed by atoms with E-state index in [-0.39, 0.29) is 5.91 Å². The zero-order chi connectivity index (χ0) is 21.1. The number of hydrogen-bond acceptors (Lipinski definition) is 8. The standard InChI is InChI=1S/C21H18N4O3S2/c1-12-17(29-19(22-12)14-9-10-15(27-2)16(11-14)28-3)18(26)23-21-25-24-20(30-21)13-7-5-4-6-8-13/h4-11H,1-3H3,(H,23,25,26). The highest BCUT2D eigenvalue weighted by Crippen LogP contribution is 2.35. The van der Waals surface area contributed by atoms with E-state index in [4.69, 9.17) is 9.47 Å². The number of thiazole rings is 1. The molecular formula is C21H18N4O3S2. The number of benzene rings is 2. The molecule has 0 saturated carbocycles. The summed E-state index contributed by atoms with van der Waals surface area (Å²) in [4.78, 5) is 17.9. The van der Waals surface area contributed by atoms with Crippen LogP contribution >= 0.6 is 22.7 Å². The van der Waals surface area contributed by atoms with Crippen LogP contribution < -0.4 is 14.8 Å². The predicted molar refractivity (Wildman–Crippen MR) is 119 cm³/mol. The molecule has 2 aromatic heterocycles. The Morgan fingerprint density at radius 3 is 2.40 bits per heavy atom. The average Bonchev–Trinajstić information content (AvgIpc) is 3.40. The van der Waals surface area contributed by atoms with E-state index in [1.54, 1.807) is 14.2 Å². The third kappa shape index (κ3) is 4.03. The van der Waals surface area contributed by atoms with Crippen molar-refractivity contribution in [3.8, 4) is 32.6 Å². The van der Waals surface area contributed by atoms with Gasteiger partial charge in [0, 0.05) is 11.1 Å². The number of hydrogen-bond donors (Lipinski definition) is 1. The predicted octanol–water partition coefficient (Wildman–Crippen LogP) is 4.91. The first kappa shape index (κ1) is 20.0. The van der Waals surface area contributed by atoms with E-state index < -0.39 is 0 Å². The third-order valence-corrected chi connectivity index (χ3v) is 6.39. The maximum Gasteiger partial charge on any atom is 0.269 e. The van der Waals surface area contributed by atoms with Crippen molar-refractivity contribution in [3.05, 3.63) is 59.1 Å². The zero-order valence-corrected chi connectivity index (χ0v) is 18.1.